The van der Waals surface area contributed by atoms with Crippen molar-refractivity contribution in [3.05, 3.63) is 53.1 Å². The summed E-state index contributed by atoms with van der Waals surface area (Å²) in [6, 6.07) is 12.3. The quantitative estimate of drug-likeness (QED) is 0.729. The van der Waals surface area contributed by atoms with Crippen LogP contribution in [0.1, 0.15) is 36.1 Å². The van der Waals surface area contributed by atoms with E-state index in [-0.39, 0.29) is 6.04 Å². The first-order chi connectivity index (χ1) is 12.0. The Morgan fingerprint density at radius 2 is 1.80 bits per heavy atom. The van der Waals surface area contributed by atoms with E-state index in [1.165, 1.54) is 16.7 Å². The fourth-order valence-electron chi connectivity index (χ4n) is 2.62. The highest BCUT2D eigenvalue weighted by atomic mass is 32.1. The monoisotopic (exact) mass is 358 g/mol. The Morgan fingerprint density at radius 3 is 2.40 bits per heavy atom. The molecule has 5 heteroatoms. The van der Waals surface area contributed by atoms with Crippen LogP contribution in [0.25, 0.3) is 0 Å². The van der Waals surface area contributed by atoms with Gasteiger partial charge in [-0.05, 0) is 61.3 Å². The summed E-state index contributed by atoms with van der Waals surface area (Å²) in [6.45, 7) is 6.39. The third-order valence-corrected chi connectivity index (χ3v) is 4.52. The summed E-state index contributed by atoms with van der Waals surface area (Å²) in [7, 11) is 3.25. The van der Waals surface area contributed by atoms with Crippen molar-refractivity contribution in [2.24, 2.45) is 0 Å². The molecule has 4 nitrogen and oxygen atoms in total. The first kappa shape index (κ1) is 19.1. The Kier molecular flexibility index (Phi) is 6.65. The van der Waals surface area contributed by atoms with Crippen LogP contribution in [0, 0.1) is 13.8 Å². The van der Waals surface area contributed by atoms with Gasteiger partial charge in [-0.2, -0.15) is 0 Å². The van der Waals surface area contributed by atoms with Gasteiger partial charge in [-0.25, -0.2) is 0 Å². The summed E-state index contributed by atoms with van der Waals surface area (Å²) in [5.41, 5.74) is 4.61. The van der Waals surface area contributed by atoms with Gasteiger partial charge in [0.15, 0.2) is 5.11 Å². The summed E-state index contributed by atoms with van der Waals surface area (Å²) >= 11 is 5.50. The SMILES string of the molecule is CC[C@H](NC(=S)Nc1ccc(OC)cc1OC)c1ccc(C)c(C)c1. The molecule has 0 amide bonds. The van der Waals surface area contributed by atoms with Crippen molar-refractivity contribution in [1.82, 2.24) is 5.32 Å². The summed E-state index contributed by atoms with van der Waals surface area (Å²) in [5.74, 6) is 1.42. The Morgan fingerprint density at radius 1 is 1.04 bits per heavy atom. The molecule has 0 radical (unpaired) electrons. The lowest BCUT2D eigenvalue weighted by molar-refractivity contribution is 0.395. The molecule has 0 unspecified atom stereocenters. The van der Waals surface area contributed by atoms with E-state index < -0.39 is 0 Å². The molecule has 2 aromatic rings. The second-order valence-electron chi connectivity index (χ2n) is 5.97. The Balaban J connectivity index is 2.11. The van der Waals surface area contributed by atoms with E-state index in [4.69, 9.17) is 21.7 Å². The fourth-order valence-corrected chi connectivity index (χ4v) is 2.87. The summed E-state index contributed by atoms with van der Waals surface area (Å²) < 4.78 is 10.6. The zero-order valence-electron chi connectivity index (χ0n) is 15.5. The van der Waals surface area contributed by atoms with Crippen LogP contribution in [0.4, 0.5) is 5.69 Å². The average molecular weight is 359 g/mol. The van der Waals surface area contributed by atoms with Crippen molar-refractivity contribution in [2.45, 2.75) is 33.2 Å². The molecule has 0 aliphatic carbocycles. The predicted octanol–water partition coefficient (Wildman–Crippen LogP) is 4.76. The second-order valence-corrected chi connectivity index (χ2v) is 6.38. The molecule has 0 heterocycles. The molecule has 25 heavy (non-hydrogen) atoms. The molecule has 2 aromatic carbocycles. The van der Waals surface area contributed by atoms with Crippen LogP contribution < -0.4 is 20.1 Å². The molecule has 134 valence electrons. The summed E-state index contributed by atoms with van der Waals surface area (Å²) in [6.07, 6.45) is 0.935. The number of thiocarbonyl (C=S) groups is 1. The van der Waals surface area contributed by atoms with Crippen LogP contribution in [-0.2, 0) is 0 Å². The van der Waals surface area contributed by atoms with Crippen molar-refractivity contribution >= 4 is 23.0 Å². The zero-order valence-corrected chi connectivity index (χ0v) is 16.3. The van der Waals surface area contributed by atoms with E-state index in [2.05, 4.69) is 49.6 Å². The lowest BCUT2D eigenvalue weighted by Gasteiger charge is -2.21. The maximum atomic E-state index is 5.50. The van der Waals surface area contributed by atoms with Gasteiger partial charge in [0.25, 0.3) is 0 Å². The van der Waals surface area contributed by atoms with E-state index >= 15 is 0 Å². The molecule has 0 aliphatic rings. The third-order valence-electron chi connectivity index (χ3n) is 4.30. The Labute approximate surface area is 155 Å². The molecule has 0 spiro atoms. The number of hydrogen-bond acceptors (Lipinski definition) is 3. The van der Waals surface area contributed by atoms with Crippen LogP contribution in [0.3, 0.4) is 0 Å². The second kappa shape index (κ2) is 8.72. The zero-order chi connectivity index (χ0) is 18.4. The summed E-state index contributed by atoms with van der Waals surface area (Å²) in [5, 5.41) is 7.17. The lowest BCUT2D eigenvalue weighted by atomic mass is 9.99. The highest BCUT2D eigenvalue weighted by molar-refractivity contribution is 7.80. The Hall–Kier alpha value is -2.27. The van der Waals surface area contributed by atoms with Gasteiger partial charge in [0.1, 0.15) is 11.5 Å². The first-order valence-electron chi connectivity index (χ1n) is 8.35. The van der Waals surface area contributed by atoms with Crippen molar-refractivity contribution in [2.75, 3.05) is 19.5 Å². The lowest BCUT2D eigenvalue weighted by Crippen LogP contribution is -2.32. The number of anilines is 1. The number of nitrogens with one attached hydrogen (secondary N) is 2. The smallest absolute Gasteiger partial charge is 0.171 e. The van der Waals surface area contributed by atoms with Gasteiger partial charge in [0.2, 0.25) is 0 Å². The van der Waals surface area contributed by atoms with Crippen molar-refractivity contribution < 1.29 is 9.47 Å². The van der Waals surface area contributed by atoms with Gasteiger partial charge in [-0.15, -0.1) is 0 Å². The van der Waals surface area contributed by atoms with E-state index in [1.54, 1.807) is 14.2 Å². The average Bonchev–Trinajstić information content (AvgIpc) is 2.62. The molecule has 1 atom stereocenters. The maximum Gasteiger partial charge on any atom is 0.171 e. The van der Waals surface area contributed by atoms with Gasteiger partial charge in [0, 0.05) is 6.07 Å². The molecular formula is C20H26N2O2S. The standard InChI is InChI=1S/C20H26N2O2S/c1-6-17(15-8-7-13(2)14(3)11-15)21-20(25)22-18-10-9-16(23-4)12-19(18)24-5/h7-12,17H,6H2,1-5H3,(H2,21,22,25)/t17-/m0/s1. The minimum Gasteiger partial charge on any atom is -0.497 e. The van der Waals surface area contributed by atoms with Gasteiger partial charge >= 0.3 is 0 Å². The topological polar surface area (TPSA) is 42.5 Å². The van der Waals surface area contributed by atoms with E-state index in [1.807, 2.05) is 18.2 Å². The third kappa shape index (κ3) is 4.86. The van der Waals surface area contributed by atoms with Crippen LogP contribution in [0.15, 0.2) is 36.4 Å². The number of aryl methyl sites for hydroxylation is 2. The number of methoxy groups -OCH3 is 2. The van der Waals surface area contributed by atoms with Gasteiger partial charge in [-0.1, -0.05) is 25.1 Å². The molecule has 0 saturated heterocycles. The minimum absolute atomic E-state index is 0.156. The highest BCUT2D eigenvalue weighted by Gasteiger charge is 2.13. The maximum absolute atomic E-state index is 5.50. The number of rotatable bonds is 6. The number of hydrogen-bond donors (Lipinski definition) is 2. The molecule has 0 aliphatic heterocycles. The van der Waals surface area contributed by atoms with Crippen LogP contribution in [0.2, 0.25) is 0 Å². The molecule has 2 N–H and O–H groups in total. The molecule has 0 bridgehead atoms. The van der Waals surface area contributed by atoms with Crippen LogP contribution in [-0.4, -0.2) is 19.3 Å². The minimum atomic E-state index is 0.156. The number of ether oxygens (including phenoxy) is 2. The fraction of sp³-hybridized carbons (Fsp3) is 0.350. The number of benzene rings is 2. The molecule has 0 saturated carbocycles. The van der Waals surface area contributed by atoms with Crippen LogP contribution in [0.5, 0.6) is 11.5 Å². The van der Waals surface area contributed by atoms with Gasteiger partial charge in [-0.3, -0.25) is 0 Å². The van der Waals surface area contributed by atoms with Gasteiger partial charge < -0.3 is 20.1 Å². The highest BCUT2D eigenvalue weighted by Crippen LogP contribution is 2.29. The molecular weight excluding hydrogens is 332 g/mol. The van der Waals surface area contributed by atoms with Crippen molar-refractivity contribution in [3.8, 4) is 11.5 Å². The normalized spacial score (nSPS) is 11.6. The molecule has 0 aromatic heterocycles. The molecule has 2 rings (SSSR count). The van der Waals surface area contributed by atoms with Gasteiger partial charge in [0.05, 0.1) is 25.9 Å². The van der Waals surface area contributed by atoms with E-state index in [9.17, 15) is 0 Å². The van der Waals surface area contributed by atoms with Crippen molar-refractivity contribution in [1.29, 1.82) is 0 Å². The van der Waals surface area contributed by atoms with E-state index in [0.717, 1.165) is 17.9 Å². The largest absolute Gasteiger partial charge is 0.497 e. The predicted molar refractivity (Wildman–Crippen MR) is 108 cm³/mol. The summed E-state index contributed by atoms with van der Waals surface area (Å²) in [4.78, 5) is 0. The first-order valence-corrected chi connectivity index (χ1v) is 8.76. The van der Waals surface area contributed by atoms with Crippen molar-refractivity contribution in [3.63, 3.8) is 0 Å². The van der Waals surface area contributed by atoms with E-state index in [0.29, 0.717) is 10.9 Å². The molecule has 0 fully saturated rings. The van der Waals surface area contributed by atoms with Crippen LogP contribution >= 0.6 is 12.2 Å². The Bertz CT molecular complexity index is 746.